The lowest BCUT2D eigenvalue weighted by Gasteiger charge is -2.16. The molecule has 0 radical (unpaired) electrons. The Kier molecular flexibility index (Phi) is 3.51. The summed E-state index contributed by atoms with van der Waals surface area (Å²) < 4.78 is 0. The molecule has 0 saturated carbocycles. The third-order valence-corrected chi connectivity index (χ3v) is 2.88. The predicted molar refractivity (Wildman–Crippen MR) is 64.6 cm³/mol. The summed E-state index contributed by atoms with van der Waals surface area (Å²) in [5.41, 5.74) is 6.12. The molecule has 0 atom stereocenters. The molecule has 82 valence electrons. The maximum absolute atomic E-state index is 10.9. The highest BCUT2D eigenvalue weighted by Crippen LogP contribution is 2.26. The third kappa shape index (κ3) is 2.58. The number of carbonyl (C=O) groups excluding carboxylic acids is 1. The van der Waals surface area contributed by atoms with Crippen LogP contribution in [0.25, 0.3) is 0 Å². The molecule has 0 amide bonds. The summed E-state index contributed by atoms with van der Waals surface area (Å²) in [6.07, 6.45) is 0. The Bertz CT molecular complexity index is 368. The van der Waals surface area contributed by atoms with Crippen molar-refractivity contribution in [1.82, 2.24) is 0 Å². The first kappa shape index (κ1) is 11.8. The first-order valence-corrected chi connectivity index (χ1v) is 5.24. The van der Waals surface area contributed by atoms with Crippen LogP contribution in [0.3, 0.4) is 0 Å². The van der Waals surface area contributed by atoms with Gasteiger partial charge in [0.05, 0.1) is 6.54 Å². The molecular weight excluding hydrogens is 186 g/mol. The van der Waals surface area contributed by atoms with Gasteiger partial charge in [0.15, 0.2) is 0 Å². The minimum absolute atomic E-state index is 0.160. The molecule has 2 nitrogen and oxygen atoms in total. The predicted octanol–water partition coefficient (Wildman–Crippen LogP) is 2.92. The van der Waals surface area contributed by atoms with E-state index in [1.807, 2.05) is 0 Å². The lowest BCUT2D eigenvalue weighted by Crippen LogP contribution is -2.12. The molecule has 0 spiro atoms. The molecule has 0 fully saturated rings. The third-order valence-electron chi connectivity index (χ3n) is 2.88. The number of aryl methyl sites for hydroxylation is 2. The highest BCUT2D eigenvalue weighted by Gasteiger charge is 2.08. The second-order valence-corrected chi connectivity index (χ2v) is 4.19. The van der Waals surface area contributed by atoms with Gasteiger partial charge in [0.2, 0.25) is 0 Å². The van der Waals surface area contributed by atoms with E-state index in [2.05, 4.69) is 39.1 Å². The Morgan fingerprint density at radius 2 is 1.60 bits per heavy atom. The summed E-state index contributed by atoms with van der Waals surface area (Å²) in [6.45, 7) is 10.4. The van der Waals surface area contributed by atoms with Gasteiger partial charge in [0.25, 0.3) is 0 Å². The number of ketones is 1. The zero-order valence-electron chi connectivity index (χ0n) is 10.2. The first-order chi connectivity index (χ1) is 6.93. The summed E-state index contributed by atoms with van der Waals surface area (Å²) in [6, 6.07) is 2.18. The van der Waals surface area contributed by atoms with Crippen molar-refractivity contribution in [1.29, 1.82) is 0 Å². The van der Waals surface area contributed by atoms with E-state index < -0.39 is 0 Å². The molecule has 0 saturated heterocycles. The Balaban J connectivity index is 3.09. The fourth-order valence-electron chi connectivity index (χ4n) is 1.69. The number of anilines is 1. The number of nitrogens with one attached hydrogen (secondary N) is 1. The monoisotopic (exact) mass is 205 g/mol. The molecule has 1 aromatic carbocycles. The molecule has 0 aliphatic heterocycles. The van der Waals surface area contributed by atoms with Gasteiger partial charge in [0.1, 0.15) is 5.78 Å². The van der Waals surface area contributed by atoms with Crippen molar-refractivity contribution >= 4 is 11.5 Å². The molecule has 0 aliphatic rings. The average Bonchev–Trinajstić information content (AvgIpc) is 2.14. The van der Waals surface area contributed by atoms with Gasteiger partial charge in [-0.1, -0.05) is 6.07 Å². The Morgan fingerprint density at radius 3 is 2.00 bits per heavy atom. The van der Waals surface area contributed by atoms with Crippen LogP contribution in [-0.2, 0) is 4.79 Å². The van der Waals surface area contributed by atoms with Crippen molar-refractivity contribution in [2.45, 2.75) is 34.6 Å². The van der Waals surface area contributed by atoms with Gasteiger partial charge in [0, 0.05) is 5.69 Å². The van der Waals surface area contributed by atoms with E-state index in [0.717, 1.165) is 5.69 Å². The van der Waals surface area contributed by atoms with Crippen molar-refractivity contribution in [2.75, 3.05) is 11.9 Å². The zero-order valence-corrected chi connectivity index (χ0v) is 10.2. The number of Topliss-reactive ketones (excluding diaryl/α,β-unsaturated/α-hetero) is 1. The summed E-state index contributed by atoms with van der Waals surface area (Å²) in [7, 11) is 0. The maximum atomic E-state index is 10.9. The normalized spacial score (nSPS) is 10.2. The zero-order chi connectivity index (χ0) is 11.6. The van der Waals surface area contributed by atoms with Gasteiger partial charge in [-0.2, -0.15) is 0 Å². The number of benzene rings is 1. The molecular formula is C13H19NO. The molecule has 0 bridgehead atoms. The fourth-order valence-corrected chi connectivity index (χ4v) is 1.69. The van der Waals surface area contributed by atoms with Crippen molar-refractivity contribution < 1.29 is 4.79 Å². The second kappa shape index (κ2) is 4.47. The van der Waals surface area contributed by atoms with Crippen LogP contribution in [0.4, 0.5) is 5.69 Å². The molecule has 2 heteroatoms. The summed E-state index contributed by atoms with van der Waals surface area (Å²) in [4.78, 5) is 10.9. The summed E-state index contributed by atoms with van der Waals surface area (Å²) in [5.74, 6) is 0.160. The van der Waals surface area contributed by atoms with Crippen molar-refractivity contribution in [3.05, 3.63) is 28.3 Å². The molecule has 1 rings (SSSR count). The van der Waals surface area contributed by atoms with Gasteiger partial charge in [-0.3, -0.25) is 4.79 Å². The van der Waals surface area contributed by atoms with Crippen LogP contribution in [0.1, 0.15) is 29.2 Å². The van der Waals surface area contributed by atoms with E-state index in [9.17, 15) is 4.79 Å². The minimum atomic E-state index is 0.160. The SMILES string of the molecule is CC(=O)CNc1c(C)c(C)cc(C)c1C. The van der Waals surface area contributed by atoms with Crippen LogP contribution >= 0.6 is 0 Å². The van der Waals surface area contributed by atoms with E-state index in [-0.39, 0.29) is 5.78 Å². The number of hydrogen-bond donors (Lipinski definition) is 1. The van der Waals surface area contributed by atoms with Crippen LogP contribution in [-0.4, -0.2) is 12.3 Å². The molecule has 0 aliphatic carbocycles. The van der Waals surface area contributed by atoms with Crippen molar-refractivity contribution in [2.24, 2.45) is 0 Å². The Hall–Kier alpha value is -1.31. The average molecular weight is 205 g/mol. The van der Waals surface area contributed by atoms with Crippen LogP contribution in [0.2, 0.25) is 0 Å². The van der Waals surface area contributed by atoms with Gasteiger partial charge < -0.3 is 5.32 Å². The first-order valence-electron chi connectivity index (χ1n) is 5.24. The van der Waals surface area contributed by atoms with E-state index >= 15 is 0 Å². The summed E-state index contributed by atoms with van der Waals surface area (Å²) >= 11 is 0. The quantitative estimate of drug-likeness (QED) is 0.822. The van der Waals surface area contributed by atoms with Crippen molar-refractivity contribution in [3.63, 3.8) is 0 Å². The van der Waals surface area contributed by atoms with E-state index in [4.69, 9.17) is 0 Å². The number of rotatable bonds is 3. The van der Waals surface area contributed by atoms with Gasteiger partial charge >= 0.3 is 0 Å². The smallest absolute Gasteiger partial charge is 0.148 e. The van der Waals surface area contributed by atoms with Crippen LogP contribution < -0.4 is 5.32 Å². The van der Waals surface area contributed by atoms with Crippen LogP contribution in [0, 0.1) is 27.7 Å². The van der Waals surface area contributed by atoms with E-state index in [0.29, 0.717) is 6.54 Å². The molecule has 1 N–H and O–H groups in total. The topological polar surface area (TPSA) is 29.1 Å². The lowest BCUT2D eigenvalue weighted by atomic mass is 9.98. The van der Waals surface area contributed by atoms with Gasteiger partial charge in [-0.25, -0.2) is 0 Å². The highest BCUT2D eigenvalue weighted by molar-refractivity contribution is 5.81. The lowest BCUT2D eigenvalue weighted by molar-refractivity contribution is -0.115. The number of hydrogen-bond acceptors (Lipinski definition) is 2. The molecule has 0 aromatic heterocycles. The maximum Gasteiger partial charge on any atom is 0.148 e. The van der Waals surface area contributed by atoms with Gasteiger partial charge in [-0.05, 0) is 56.9 Å². The number of carbonyl (C=O) groups is 1. The van der Waals surface area contributed by atoms with E-state index in [1.54, 1.807) is 6.92 Å². The van der Waals surface area contributed by atoms with Crippen molar-refractivity contribution in [3.8, 4) is 0 Å². The molecule has 0 heterocycles. The second-order valence-electron chi connectivity index (χ2n) is 4.19. The molecule has 15 heavy (non-hydrogen) atoms. The standard InChI is InChI=1S/C13H19NO/c1-8-6-9(2)12(5)13(11(8)4)14-7-10(3)15/h6,14H,7H2,1-5H3. The van der Waals surface area contributed by atoms with Gasteiger partial charge in [-0.15, -0.1) is 0 Å². The summed E-state index contributed by atoms with van der Waals surface area (Å²) in [5, 5.41) is 3.21. The largest absolute Gasteiger partial charge is 0.378 e. The van der Waals surface area contributed by atoms with E-state index in [1.165, 1.54) is 22.3 Å². The minimum Gasteiger partial charge on any atom is -0.378 e. The Morgan fingerprint density at radius 1 is 1.13 bits per heavy atom. The fraction of sp³-hybridized carbons (Fsp3) is 0.462. The Labute approximate surface area is 91.7 Å². The van der Waals surface area contributed by atoms with Crippen LogP contribution in [0.15, 0.2) is 6.07 Å². The molecule has 1 aromatic rings. The highest BCUT2D eigenvalue weighted by atomic mass is 16.1. The van der Waals surface area contributed by atoms with Crippen LogP contribution in [0.5, 0.6) is 0 Å². The molecule has 0 unspecified atom stereocenters.